The monoisotopic (exact) mass is 411 g/mol. The van der Waals surface area contributed by atoms with Crippen molar-refractivity contribution in [2.45, 2.75) is 30.6 Å². The number of morpholine rings is 1. The zero-order valence-corrected chi connectivity index (χ0v) is 18.2. The Morgan fingerprint density at radius 3 is 2.66 bits per heavy atom. The summed E-state index contributed by atoms with van der Waals surface area (Å²) in [5.74, 6) is 8.21. The topological polar surface area (TPSA) is 41.9 Å². The summed E-state index contributed by atoms with van der Waals surface area (Å²) in [6.45, 7) is 11.1. The van der Waals surface area contributed by atoms with E-state index in [1.54, 1.807) is 17.8 Å². The van der Waals surface area contributed by atoms with Crippen LogP contribution in [-0.2, 0) is 4.74 Å². The van der Waals surface area contributed by atoms with Crippen LogP contribution in [0.15, 0.2) is 46.2 Å². The first kappa shape index (κ1) is 21.6. The molecule has 29 heavy (non-hydrogen) atoms. The van der Waals surface area contributed by atoms with E-state index >= 15 is 0 Å². The lowest BCUT2D eigenvalue weighted by Gasteiger charge is -2.24. The van der Waals surface area contributed by atoms with Gasteiger partial charge in [0.05, 0.1) is 26.4 Å². The third-order valence-electron chi connectivity index (χ3n) is 4.51. The molecule has 1 aliphatic rings. The molecule has 2 aromatic rings. The van der Waals surface area contributed by atoms with Crippen molar-refractivity contribution >= 4 is 11.8 Å². The Hall–Kier alpha value is -2.13. The van der Waals surface area contributed by atoms with Crippen LogP contribution in [0.1, 0.15) is 25.0 Å². The van der Waals surface area contributed by atoms with Crippen LogP contribution < -0.4 is 4.74 Å². The molecule has 1 fully saturated rings. The van der Waals surface area contributed by atoms with Gasteiger partial charge in [0.2, 0.25) is 0 Å². The number of ether oxygens (including phenoxy) is 2. The quantitative estimate of drug-likeness (QED) is 0.705. The molecule has 0 unspecified atom stereocenters. The molecular weight excluding hydrogens is 382 g/mol. The molecule has 0 aliphatic carbocycles. The Morgan fingerprint density at radius 1 is 1.14 bits per heavy atom. The van der Waals surface area contributed by atoms with E-state index < -0.39 is 0 Å². The molecule has 154 valence electrons. The van der Waals surface area contributed by atoms with Crippen molar-refractivity contribution in [1.29, 1.82) is 0 Å². The van der Waals surface area contributed by atoms with Crippen LogP contribution in [0.5, 0.6) is 11.5 Å². The van der Waals surface area contributed by atoms with E-state index in [1.807, 2.05) is 25.1 Å². The van der Waals surface area contributed by atoms with Crippen molar-refractivity contribution in [2.75, 3.05) is 39.5 Å². The molecule has 0 atom stereocenters. The smallest absolute Gasteiger partial charge is 0.121 e. The highest BCUT2D eigenvalue weighted by atomic mass is 32.2. The number of hydrogen-bond donors (Lipinski definition) is 1. The second kappa shape index (κ2) is 10.6. The van der Waals surface area contributed by atoms with E-state index in [0.29, 0.717) is 18.3 Å². The van der Waals surface area contributed by atoms with E-state index in [2.05, 4.69) is 42.7 Å². The average Bonchev–Trinajstić information content (AvgIpc) is 2.70. The minimum absolute atomic E-state index is 0.318. The largest absolute Gasteiger partial charge is 0.508 e. The molecule has 3 rings (SSSR count). The first-order chi connectivity index (χ1) is 14.0. The van der Waals surface area contributed by atoms with Gasteiger partial charge in [0.25, 0.3) is 0 Å². The lowest BCUT2D eigenvalue weighted by atomic mass is 10.2. The second-order valence-electron chi connectivity index (χ2n) is 7.64. The summed E-state index contributed by atoms with van der Waals surface area (Å²) in [5, 5.41) is 9.77. The zero-order valence-electron chi connectivity index (χ0n) is 17.4. The molecule has 5 heteroatoms. The van der Waals surface area contributed by atoms with Gasteiger partial charge in [-0.05, 0) is 54.8 Å². The van der Waals surface area contributed by atoms with E-state index in [4.69, 9.17) is 9.47 Å². The normalized spacial score (nSPS) is 14.5. The van der Waals surface area contributed by atoms with Gasteiger partial charge in [0.1, 0.15) is 11.5 Å². The van der Waals surface area contributed by atoms with Crippen LogP contribution in [0.3, 0.4) is 0 Å². The highest BCUT2D eigenvalue weighted by molar-refractivity contribution is 7.99. The first-order valence-electron chi connectivity index (χ1n) is 10.0. The van der Waals surface area contributed by atoms with Crippen LogP contribution >= 0.6 is 11.8 Å². The number of phenols is 1. The SMILES string of the molecule is Cc1cc(Sc2cc(C#CCN3CCOCC3)cc(OCC(C)C)c2)ccc1O. The Morgan fingerprint density at radius 2 is 1.93 bits per heavy atom. The molecular formula is C24H29NO3S. The third-order valence-corrected chi connectivity index (χ3v) is 5.47. The average molecular weight is 412 g/mol. The third kappa shape index (κ3) is 7.01. The van der Waals surface area contributed by atoms with Gasteiger partial charge in [-0.1, -0.05) is 37.5 Å². The van der Waals surface area contributed by atoms with Crippen molar-refractivity contribution in [3.05, 3.63) is 47.5 Å². The number of aryl methyl sites for hydroxylation is 1. The number of aromatic hydroxyl groups is 1. The molecule has 1 saturated heterocycles. The van der Waals surface area contributed by atoms with Crippen molar-refractivity contribution in [3.8, 4) is 23.3 Å². The number of nitrogens with zero attached hydrogens (tertiary/aromatic N) is 1. The maximum atomic E-state index is 9.77. The van der Waals surface area contributed by atoms with Crippen molar-refractivity contribution in [1.82, 2.24) is 4.90 Å². The number of hydrogen-bond acceptors (Lipinski definition) is 5. The van der Waals surface area contributed by atoms with Crippen LogP contribution in [0.2, 0.25) is 0 Å². The summed E-state index contributed by atoms with van der Waals surface area (Å²) in [6.07, 6.45) is 0. The maximum Gasteiger partial charge on any atom is 0.121 e. The van der Waals surface area contributed by atoms with Crippen molar-refractivity contribution in [3.63, 3.8) is 0 Å². The zero-order chi connectivity index (χ0) is 20.6. The Labute approximate surface area is 178 Å². The highest BCUT2D eigenvalue weighted by Crippen LogP contribution is 2.33. The summed E-state index contributed by atoms with van der Waals surface area (Å²) in [7, 11) is 0. The second-order valence-corrected chi connectivity index (χ2v) is 8.79. The van der Waals surface area contributed by atoms with Gasteiger partial charge in [-0.2, -0.15) is 0 Å². The Bertz CT molecular complexity index is 879. The van der Waals surface area contributed by atoms with Gasteiger partial charge in [-0.3, -0.25) is 4.90 Å². The minimum Gasteiger partial charge on any atom is -0.508 e. The molecule has 0 spiro atoms. The molecule has 0 saturated carbocycles. The highest BCUT2D eigenvalue weighted by Gasteiger charge is 2.09. The van der Waals surface area contributed by atoms with Gasteiger partial charge in [0.15, 0.2) is 0 Å². The van der Waals surface area contributed by atoms with E-state index in [-0.39, 0.29) is 0 Å². The molecule has 0 bridgehead atoms. The molecule has 1 N–H and O–H groups in total. The van der Waals surface area contributed by atoms with Gasteiger partial charge in [-0.25, -0.2) is 0 Å². The van der Waals surface area contributed by atoms with Crippen LogP contribution in [0.4, 0.5) is 0 Å². The van der Waals surface area contributed by atoms with Crippen molar-refractivity contribution in [2.24, 2.45) is 5.92 Å². The molecule has 1 aliphatic heterocycles. The van der Waals surface area contributed by atoms with Crippen LogP contribution in [-0.4, -0.2) is 49.5 Å². The van der Waals surface area contributed by atoms with Crippen molar-refractivity contribution < 1.29 is 14.6 Å². The van der Waals surface area contributed by atoms with Crippen LogP contribution in [0, 0.1) is 24.7 Å². The molecule has 1 heterocycles. The summed E-state index contributed by atoms with van der Waals surface area (Å²) >= 11 is 1.65. The molecule has 0 aromatic heterocycles. The molecule has 4 nitrogen and oxygen atoms in total. The van der Waals surface area contributed by atoms with Gasteiger partial charge < -0.3 is 14.6 Å². The predicted molar refractivity (Wildman–Crippen MR) is 118 cm³/mol. The summed E-state index contributed by atoms with van der Waals surface area (Å²) < 4.78 is 11.4. The maximum absolute atomic E-state index is 9.77. The summed E-state index contributed by atoms with van der Waals surface area (Å²) in [6, 6.07) is 11.8. The van der Waals surface area contributed by atoms with E-state index in [0.717, 1.165) is 59.5 Å². The van der Waals surface area contributed by atoms with E-state index in [9.17, 15) is 5.11 Å². The first-order valence-corrected chi connectivity index (χ1v) is 10.9. The lowest BCUT2D eigenvalue weighted by molar-refractivity contribution is 0.0443. The van der Waals surface area contributed by atoms with Crippen LogP contribution in [0.25, 0.3) is 0 Å². The molecule has 0 amide bonds. The van der Waals surface area contributed by atoms with Gasteiger partial charge in [-0.15, -0.1) is 0 Å². The predicted octanol–water partition coefficient (Wildman–Crippen LogP) is 4.57. The summed E-state index contributed by atoms with van der Waals surface area (Å²) in [4.78, 5) is 4.46. The Kier molecular flexibility index (Phi) is 7.88. The fourth-order valence-electron chi connectivity index (χ4n) is 2.89. The number of rotatable bonds is 6. The number of phenolic OH excluding ortho intramolecular Hbond substituents is 1. The van der Waals surface area contributed by atoms with Gasteiger partial charge >= 0.3 is 0 Å². The number of benzene rings is 2. The Balaban J connectivity index is 1.77. The standard InChI is InChI=1S/C24H29NO3S/c1-18(2)17-28-21-14-20(5-4-8-25-9-11-27-12-10-25)15-23(16-21)29-22-6-7-24(26)19(3)13-22/h6-7,13-16,18,26H,8-12,17H2,1-3H3. The minimum atomic E-state index is 0.318. The fourth-order valence-corrected chi connectivity index (χ4v) is 3.89. The van der Waals surface area contributed by atoms with E-state index in [1.165, 1.54) is 0 Å². The fraction of sp³-hybridized carbons (Fsp3) is 0.417. The molecule has 2 aromatic carbocycles. The molecule has 0 radical (unpaired) electrons. The lowest BCUT2D eigenvalue weighted by Crippen LogP contribution is -2.36. The summed E-state index contributed by atoms with van der Waals surface area (Å²) in [5.41, 5.74) is 1.82. The van der Waals surface area contributed by atoms with Gasteiger partial charge in [0, 0.05) is 28.4 Å².